The van der Waals surface area contributed by atoms with Crippen molar-refractivity contribution in [2.45, 2.75) is 45.5 Å². The van der Waals surface area contributed by atoms with Crippen molar-refractivity contribution in [1.82, 2.24) is 14.8 Å². The molecule has 0 saturated heterocycles. The molecule has 0 spiro atoms. The minimum absolute atomic E-state index is 0.353. The molecule has 4 nitrogen and oxygen atoms in total. The SMILES string of the molecule is Cc1c(C)c(C)c(CSc2nnc(/C(C#N)=C/c3c(Cl)cccc3Cl)n2C)c(C)c1C. The highest BCUT2D eigenvalue weighted by Crippen LogP contribution is 2.32. The van der Waals surface area contributed by atoms with Crippen LogP contribution >= 0.6 is 35.0 Å². The Morgan fingerprint density at radius 3 is 2.10 bits per heavy atom. The van der Waals surface area contributed by atoms with Crippen LogP contribution in [0.4, 0.5) is 0 Å². The molecule has 1 aromatic heterocycles. The molecule has 0 bridgehead atoms. The molecule has 0 amide bonds. The van der Waals surface area contributed by atoms with Crippen molar-refractivity contribution >= 4 is 46.6 Å². The summed E-state index contributed by atoms with van der Waals surface area (Å²) in [6.07, 6.45) is 1.66. The van der Waals surface area contributed by atoms with E-state index in [1.54, 1.807) is 36.0 Å². The largest absolute Gasteiger partial charge is 0.305 e. The molecule has 3 rings (SSSR count). The van der Waals surface area contributed by atoms with E-state index in [1.165, 1.54) is 33.4 Å². The van der Waals surface area contributed by atoms with Gasteiger partial charge < -0.3 is 4.57 Å². The lowest BCUT2D eigenvalue weighted by atomic mass is 9.90. The molecule has 0 unspecified atom stereocenters. The predicted molar refractivity (Wildman–Crippen MR) is 131 cm³/mol. The topological polar surface area (TPSA) is 54.5 Å². The first-order valence-electron chi connectivity index (χ1n) is 9.81. The zero-order valence-corrected chi connectivity index (χ0v) is 20.8. The third-order valence-electron chi connectivity index (χ3n) is 5.99. The molecule has 0 atom stereocenters. The summed E-state index contributed by atoms with van der Waals surface area (Å²) in [5.74, 6) is 1.26. The molecule has 0 saturated carbocycles. The summed E-state index contributed by atoms with van der Waals surface area (Å²) in [4.78, 5) is 0. The summed E-state index contributed by atoms with van der Waals surface area (Å²) in [5.41, 5.74) is 8.94. The minimum atomic E-state index is 0.353. The van der Waals surface area contributed by atoms with Gasteiger partial charge in [-0.2, -0.15) is 5.26 Å². The van der Waals surface area contributed by atoms with E-state index in [9.17, 15) is 5.26 Å². The molecule has 0 aliphatic carbocycles. The van der Waals surface area contributed by atoms with Crippen molar-refractivity contribution in [2.24, 2.45) is 7.05 Å². The van der Waals surface area contributed by atoms with Gasteiger partial charge in [-0.15, -0.1) is 10.2 Å². The van der Waals surface area contributed by atoms with Crippen molar-refractivity contribution in [3.05, 3.63) is 73.0 Å². The number of nitriles is 1. The number of rotatable bonds is 5. The molecule has 0 radical (unpaired) electrons. The van der Waals surface area contributed by atoms with Gasteiger partial charge in [0.1, 0.15) is 6.07 Å². The maximum atomic E-state index is 9.73. The second-order valence-electron chi connectivity index (χ2n) is 7.56. The standard InChI is InChI=1S/C24H24Cl2N4S/c1-13-14(2)16(4)20(17(5)15(13)3)12-31-24-29-28-23(30(24)6)18(11-27)10-19-21(25)8-7-9-22(19)26/h7-10H,12H2,1-6H3/b18-10+. The van der Waals surface area contributed by atoms with E-state index in [2.05, 4.69) is 50.9 Å². The fraction of sp³-hybridized carbons (Fsp3) is 0.292. The Hall–Kier alpha value is -2.26. The first-order valence-corrected chi connectivity index (χ1v) is 11.6. The van der Waals surface area contributed by atoms with Gasteiger partial charge in [-0.25, -0.2) is 0 Å². The molecular weight excluding hydrogens is 447 g/mol. The zero-order chi connectivity index (χ0) is 22.9. The van der Waals surface area contributed by atoms with Crippen LogP contribution < -0.4 is 0 Å². The average molecular weight is 471 g/mol. The molecule has 0 N–H and O–H groups in total. The Bertz CT molecular complexity index is 1190. The molecule has 7 heteroatoms. The summed E-state index contributed by atoms with van der Waals surface area (Å²) < 4.78 is 1.84. The van der Waals surface area contributed by atoms with Crippen molar-refractivity contribution in [3.63, 3.8) is 0 Å². The van der Waals surface area contributed by atoms with Crippen LogP contribution in [0.25, 0.3) is 11.6 Å². The van der Waals surface area contributed by atoms with Gasteiger partial charge in [0, 0.05) is 28.4 Å². The normalized spacial score (nSPS) is 11.6. The summed E-state index contributed by atoms with van der Waals surface area (Å²) in [7, 11) is 1.86. The Morgan fingerprint density at radius 2 is 1.55 bits per heavy atom. The van der Waals surface area contributed by atoms with Crippen LogP contribution in [0.5, 0.6) is 0 Å². The fourth-order valence-corrected chi connectivity index (χ4v) is 5.14. The molecule has 160 valence electrons. The van der Waals surface area contributed by atoms with Crippen LogP contribution in [0.1, 0.15) is 44.8 Å². The van der Waals surface area contributed by atoms with E-state index in [4.69, 9.17) is 23.2 Å². The van der Waals surface area contributed by atoms with Gasteiger partial charge in [0.2, 0.25) is 0 Å². The number of thioether (sulfide) groups is 1. The van der Waals surface area contributed by atoms with Crippen LogP contribution in [0, 0.1) is 45.9 Å². The van der Waals surface area contributed by atoms with Gasteiger partial charge in [0.15, 0.2) is 11.0 Å². The Morgan fingerprint density at radius 1 is 1.00 bits per heavy atom. The number of hydrogen-bond acceptors (Lipinski definition) is 4. The van der Waals surface area contributed by atoms with Crippen molar-refractivity contribution in [2.75, 3.05) is 0 Å². The highest BCUT2D eigenvalue weighted by molar-refractivity contribution is 7.98. The summed E-state index contributed by atoms with van der Waals surface area (Å²) >= 11 is 14.1. The van der Waals surface area contributed by atoms with Crippen LogP contribution in [-0.2, 0) is 12.8 Å². The number of benzene rings is 2. The monoisotopic (exact) mass is 470 g/mol. The van der Waals surface area contributed by atoms with E-state index in [1.807, 2.05) is 11.6 Å². The highest BCUT2D eigenvalue weighted by Gasteiger charge is 2.17. The quantitative estimate of drug-likeness (QED) is 0.296. The third-order valence-corrected chi connectivity index (χ3v) is 7.69. The molecule has 0 fully saturated rings. The van der Waals surface area contributed by atoms with Crippen LogP contribution in [0.15, 0.2) is 23.4 Å². The number of nitrogens with zero attached hydrogens (tertiary/aromatic N) is 4. The van der Waals surface area contributed by atoms with Gasteiger partial charge in [0.05, 0.1) is 5.57 Å². The number of halogens is 2. The highest BCUT2D eigenvalue weighted by atomic mass is 35.5. The van der Waals surface area contributed by atoms with Crippen molar-refractivity contribution < 1.29 is 0 Å². The second kappa shape index (κ2) is 9.48. The molecule has 31 heavy (non-hydrogen) atoms. The van der Waals surface area contributed by atoms with Crippen LogP contribution in [0.2, 0.25) is 10.0 Å². The van der Waals surface area contributed by atoms with E-state index in [0.717, 1.165) is 10.9 Å². The number of aromatic nitrogens is 3. The molecule has 1 heterocycles. The summed E-state index contributed by atoms with van der Waals surface area (Å²) in [6, 6.07) is 7.44. The predicted octanol–water partition coefficient (Wildman–Crippen LogP) is 7.02. The molecule has 0 aliphatic rings. The van der Waals surface area contributed by atoms with Crippen LogP contribution in [-0.4, -0.2) is 14.8 Å². The first-order chi connectivity index (χ1) is 14.7. The van der Waals surface area contributed by atoms with Gasteiger partial charge in [-0.05, 0) is 86.2 Å². The zero-order valence-electron chi connectivity index (χ0n) is 18.5. The Balaban J connectivity index is 1.93. The lowest BCUT2D eigenvalue weighted by Gasteiger charge is -2.18. The summed E-state index contributed by atoms with van der Waals surface area (Å²) in [5, 5.41) is 20.0. The third kappa shape index (κ3) is 4.52. The van der Waals surface area contributed by atoms with Gasteiger partial charge in [0.25, 0.3) is 0 Å². The van der Waals surface area contributed by atoms with Crippen LogP contribution in [0.3, 0.4) is 0 Å². The van der Waals surface area contributed by atoms with E-state index in [0.29, 0.717) is 27.0 Å². The lowest BCUT2D eigenvalue weighted by molar-refractivity contribution is 0.780. The van der Waals surface area contributed by atoms with Gasteiger partial charge in [-0.1, -0.05) is 41.0 Å². The van der Waals surface area contributed by atoms with E-state index in [-0.39, 0.29) is 0 Å². The number of allylic oxidation sites excluding steroid dienone is 1. The Kier molecular flexibility index (Phi) is 7.16. The number of hydrogen-bond donors (Lipinski definition) is 0. The molecular formula is C24H24Cl2N4S. The Labute approximate surface area is 197 Å². The van der Waals surface area contributed by atoms with Crippen molar-refractivity contribution in [1.29, 1.82) is 5.26 Å². The lowest BCUT2D eigenvalue weighted by Crippen LogP contribution is -2.03. The summed E-state index contributed by atoms with van der Waals surface area (Å²) in [6.45, 7) is 10.9. The second-order valence-corrected chi connectivity index (χ2v) is 9.32. The molecule has 2 aromatic carbocycles. The van der Waals surface area contributed by atoms with Gasteiger partial charge >= 0.3 is 0 Å². The maximum absolute atomic E-state index is 9.73. The molecule has 3 aromatic rings. The maximum Gasteiger partial charge on any atom is 0.191 e. The van der Waals surface area contributed by atoms with Gasteiger partial charge in [-0.3, -0.25) is 0 Å². The fourth-order valence-electron chi connectivity index (χ4n) is 3.55. The van der Waals surface area contributed by atoms with E-state index < -0.39 is 0 Å². The average Bonchev–Trinajstić information content (AvgIpc) is 3.11. The van der Waals surface area contributed by atoms with E-state index >= 15 is 0 Å². The minimum Gasteiger partial charge on any atom is -0.305 e. The molecule has 0 aliphatic heterocycles. The first kappa shape index (κ1) is 23.4. The smallest absolute Gasteiger partial charge is 0.191 e. The van der Waals surface area contributed by atoms with Crippen molar-refractivity contribution in [3.8, 4) is 6.07 Å².